The third-order valence-corrected chi connectivity index (χ3v) is 3.32. The lowest BCUT2D eigenvalue weighted by Gasteiger charge is -2.28. The van der Waals surface area contributed by atoms with E-state index in [0.29, 0.717) is 11.4 Å². The molecular formula is C13H13BrN2O5. The van der Waals surface area contributed by atoms with Gasteiger partial charge in [0.25, 0.3) is 5.91 Å². The molecule has 0 aliphatic carbocycles. The van der Waals surface area contributed by atoms with Gasteiger partial charge in [-0.1, -0.05) is 15.9 Å². The fourth-order valence-electron chi connectivity index (χ4n) is 1.86. The number of rotatable bonds is 5. The Morgan fingerprint density at radius 1 is 1.43 bits per heavy atom. The number of ether oxygens (including phenoxy) is 1. The number of aliphatic carboxylic acids is 1. The Kier molecular flexibility index (Phi) is 4.79. The summed E-state index contributed by atoms with van der Waals surface area (Å²) < 4.78 is 6.12. The van der Waals surface area contributed by atoms with Crippen LogP contribution in [0.5, 0.6) is 5.75 Å². The number of carbonyl (C=O) groups is 3. The van der Waals surface area contributed by atoms with Gasteiger partial charge in [-0.15, -0.1) is 0 Å². The predicted molar refractivity (Wildman–Crippen MR) is 77.3 cm³/mol. The smallest absolute Gasteiger partial charge is 0.305 e. The molecule has 7 nitrogen and oxygen atoms in total. The molecule has 8 heteroatoms. The van der Waals surface area contributed by atoms with E-state index in [1.165, 1.54) is 4.90 Å². The summed E-state index contributed by atoms with van der Waals surface area (Å²) in [6.07, 6.45) is -0.160. The number of nitrogens with zero attached hydrogens (tertiary/aromatic N) is 1. The number of benzene rings is 1. The Labute approximate surface area is 129 Å². The number of carboxylic acids is 1. The van der Waals surface area contributed by atoms with Gasteiger partial charge < -0.3 is 15.2 Å². The Morgan fingerprint density at radius 3 is 2.90 bits per heavy atom. The van der Waals surface area contributed by atoms with Crippen LogP contribution in [0.4, 0.5) is 5.69 Å². The van der Waals surface area contributed by atoms with Gasteiger partial charge in [0.05, 0.1) is 12.1 Å². The normalized spacial score (nSPS) is 13.4. The van der Waals surface area contributed by atoms with Crippen molar-refractivity contribution in [2.75, 3.05) is 24.6 Å². The van der Waals surface area contributed by atoms with Gasteiger partial charge in [0, 0.05) is 11.0 Å². The summed E-state index contributed by atoms with van der Waals surface area (Å²) in [4.78, 5) is 35.3. The van der Waals surface area contributed by atoms with Crippen LogP contribution in [0.15, 0.2) is 22.7 Å². The lowest BCUT2D eigenvalue weighted by Crippen LogP contribution is -2.45. The molecular weight excluding hydrogens is 344 g/mol. The molecule has 1 heterocycles. The van der Waals surface area contributed by atoms with Crippen molar-refractivity contribution < 1.29 is 24.2 Å². The fourth-order valence-corrected chi connectivity index (χ4v) is 2.20. The summed E-state index contributed by atoms with van der Waals surface area (Å²) in [6.45, 7) is -0.276. The van der Waals surface area contributed by atoms with Crippen molar-refractivity contribution in [3.63, 3.8) is 0 Å². The van der Waals surface area contributed by atoms with Crippen LogP contribution in [0, 0.1) is 0 Å². The second-order valence-corrected chi connectivity index (χ2v) is 5.29. The monoisotopic (exact) mass is 356 g/mol. The van der Waals surface area contributed by atoms with Crippen molar-refractivity contribution in [2.24, 2.45) is 0 Å². The standard InChI is InChI=1S/C13H13BrN2O5/c14-8-1-2-9-10(5-8)21-7-12(18)16(9)6-11(17)15-4-3-13(19)20/h1-2,5H,3-4,6-7H2,(H,15,17)(H,19,20). The number of carboxylic acid groups (broad SMARTS) is 1. The molecule has 1 aliphatic heterocycles. The molecule has 2 amide bonds. The van der Waals surface area contributed by atoms with Gasteiger partial charge in [0.2, 0.25) is 5.91 Å². The molecule has 0 bridgehead atoms. The van der Waals surface area contributed by atoms with E-state index in [9.17, 15) is 14.4 Å². The van der Waals surface area contributed by atoms with Crippen LogP contribution >= 0.6 is 15.9 Å². The molecule has 2 rings (SSSR count). The van der Waals surface area contributed by atoms with Gasteiger partial charge in [-0.25, -0.2) is 0 Å². The molecule has 1 aromatic rings. The van der Waals surface area contributed by atoms with Gasteiger partial charge in [0.15, 0.2) is 6.61 Å². The molecule has 0 spiro atoms. The van der Waals surface area contributed by atoms with E-state index in [2.05, 4.69) is 21.2 Å². The first kappa shape index (κ1) is 15.3. The van der Waals surface area contributed by atoms with E-state index in [0.717, 1.165) is 4.47 Å². The third-order valence-electron chi connectivity index (χ3n) is 2.83. The number of nitrogens with one attached hydrogen (secondary N) is 1. The third kappa shape index (κ3) is 3.94. The second-order valence-electron chi connectivity index (χ2n) is 4.37. The summed E-state index contributed by atoms with van der Waals surface area (Å²) in [5, 5.41) is 11.0. The molecule has 112 valence electrons. The number of anilines is 1. The topological polar surface area (TPSA) is 95.9 Å². The van der Waals surface area contributed by atoms with Crippen molar-refractivity contribution in [1.29, 1.82) is 0 Å². The van der Waals surface area contributed by atoms with E-state index in [-0.39, 0.29) is 32.0 Å². The maximum Gasteiger partial charge on any atom is 0.305 e. The highest BCUT2D eigenvalue weighted by Gasteiger charge is 2.27. The van der Waals surface area contributed by atoms with Crippen molar-refractivity contribution in [3.05, 3.63) is 22.7 Å². The first-order valence-electron chi connectivity index (χ1n) is 6.18. The van der Waals surface area contributed by atoms with Crippen molar-refractivity contribution in [1.82, 2.24) is 5.32 Å². The van der Waals surface area contributed by atoms with E-state index in [4.69, 9.17) is 9.84 Å². The maximum absolute atomic E-state index is 11.9. The fraction of sp³-hybridized carbons (Fsp3) is 0.308. The molecule has 0 atom stereocenters. The van der Waals surface area contributed by atoms with Crippen LogP contribution in [0.25, 0.3) is 0 Å². The Balaban J connectivity index is 2.04. The molecule has 0 fully saturated rings. The van der Waals surface area contributed by atoms with Crippen LogP contribution in [0.2, 0.25) is 0 Å². The average molecular weight is 357 g/mol. The molecule has 1 aromatic carbocycles. The van der Waals surface area contributed by atoms with Gasteiger partial charge in [0.1, 0.15) is 12.3 Å². The van der Waals surface area contributed by atoms with E-state index >= 15 is 0 Å². The first-order chi connectivity index (χ1) is 9.97. The van der Waals surface area contributed by atoms with Crippen molar-refractivity contribution in [2.45, 2.75) is 6.42 Å². The highest BCUT2D eigenvalue weighted by molar-refractivity contribution is 9.10. The van der Waals surface area contributed by atoms with Gasteiger partial charge in [-0.05, 0) is 18.2 Å². The minimum absolute atomic E-state index is 0.0277. The summed E-state index contributed by atoms with van der Waals surface area (Å²) in [7, 11) is 0. The van der Waals surface area contributed by atoms with Crippen molar-refractivity contribution in [3.8, 4) is 5.75 Å². The number of hydrogen-bond acceptors (Lipinski definition) is 4. The average Bonchev–Trinajstić information content (AvgIpc) is 2.41. The SMILES string of the molecule is O=C(O)CCNC(=O)CN1C(=O)COc2cc(Br)ccc21. The molecule has 21 heavy (non-hydrogen) atoms. The number of amides is 2. The maximum atomic E-state index is 11.9. The van der Waals surface area contributed by atoms with Crippen LogP contribution in [0.1, 0.15) is 6.42 Å². The van der Waals surface area contributed by atoms with Crippen LogP contribution in [-0.4, -0.2) is 42.6 Å². The number of halogens is 1. The van der Waals surface area contributed by atoms with Crippen molar-refractivity contribution >= 4 is 39.4 Å². The Morgan fingerprint density at radius 2 is 2.19 bits per heavy atom. The van der Waals surface area contributed by atoms with Crippen LogP contribution in [0.3, 0.4) is 0 Å². The summed E-state index contributed by atoms with van der Waals surface area (Å²) in [5.41, 5.74) is 0.517. The zero-order chi connectivity index (χ0) is 15.4. The van der Waals surface area contributed by atoms with Gasteiger partial charge in [-0.2, -0.15) is 0 Å². The predicted octanol–water partition coefficient (Wildman–Crippen LogP) is 0.765. The highest BCUT2D eigenvalue weighted by Crippen LogP contribution is 2.34. The number of carbonyl (C=O) groups excluding carboxylic acids is 2. The molecule has 0 saturated carbocycles. The van der Waals surface area contributed by atoms with E-state index in [1.807, 2.05) is 0 Å². The Bertz CT molecular complexity index is 590. The molecule has 0 aromatic heterocycles. The van der Waals surface area contributed by atoms with E-state index in [1.54, 1.807) is 18.2 Å². The lowest BCUT2D eigenvalue weighted by molar-refractivity contribution is -0.137. The quantitative estimate of drug-likeness (QED) is 0.812. The zero-order valence-corrected chi connectivity index (χ0v) is 12.6. The molecule has 0 radical (unpaired) electrons. The van der Waals surface area contributed by atoms with Crippen LogP contribution < -0.4 is 15.0 Å². The number of hydrogen-bond donors (Lipinski definition) is 2. The first-order valence-corrected chi connectivity index (χ1v) is 6.98. The van der Waals surface area contributed by atoms with Gasteiger partial charge in [-0.3, -0.25) is 19.3 Å². The van der Waals surface area contributed by atoms with Crippen LogP contribution in [-0.2, 0) is 14.4 Å². The molecule has 0 saturated heterocycles. The van der Waals surface area contributed by atoms with Gasteiger partial charge >= 0.3 is 5.97 Å². The Hall–Kier alpha value is -2.09. The molecule has 2 N–H and O–H groups in total. The summed E-state index contributed by atoms with van der Waals surface area (Å²) in [5.74, 6) is -1.21. The lowest BCUT2D eigenvalue weighted by atomic mass is 10.2. The summed E-state index contributed by atoms with van der Waals surface area (Å²) in [6, 6.07) is 5.15. The number of fused-ring (bicyclic) bond motifs is 1. The molecule has 0 unspecified atom stereocenters. The minimum Gasteiger partial charge on any atom is -0.482 e. The minimum atomic E-state index is -0.993. The highest BCUT2D eigenvalue weighted by atomic mass is 79.9. The molecule has 1 aliphatic rings. The zero-order valence-electron chi connectivity index (χ0n) is 11.0. The van der Waals surface area contributed by atoms with E-state index < -0.39 is 11.9 Å². The largest absolute Gasteiger partial charge is 0.482 e. The summed E-state index contributed by atoms with van der Waals surface area (Å²) >= 11 is 3.31. The second kappa shape index (κ2) is 6.57.